The Labute approximate surface area is 287 Å². The van der Waals surface area contributed by atoms with Crippen LogP contribution in [0.5, 0.6) is 5.75 Å². The van der Waals surface area contributed by atoms with Gasteiger partial charge in [-0.15, -0.1) is 11.3 Å². The molecule has 0 aliphatic rings. The van der Waals surface area contributed by atoms with Crippen LogP contribution in [-0.4, -0.2) is 16.3 Å². The number of nitrogens with zero attached hydrogens (tertiary/aromatic N) is 2. The second kappa shape index (κ2) is 12.2. The number of aromatic nitrogens is 1. The van der Waals surface area contributed by atoms with E-state index in [0.717, 1.165) is 37.6 Å². The maximum Gasteiger partial charge on any atom is 0.126 e. The number of para-hydroxylation sites is 1. The number of thiazole rings is 1. The molecule has 0 aliphatic heterocycles. The highest BCUT2D eigenvalue weighted by Crippen LogP contribution is 2.43. The average molecular weight is 645 g/mol. The quantitative estimate of drug-likeness (QED) is 0.190. The Morgan fingerprint density at radius 2 is 1.31 bits per heavy atom. The van der Waals surface area contributed by atoms with Crippen LogP contribution in [0.25, 0.3) is 53.8 Å². The summed E-state index contributed by atoms with van der Waals surface area (Å²) in [5.41, 5.74) is 10.6. The van der Waals surface area contributed by atoms with Gasteiger partial charge in [0.25, 0.3) is 0 Å². The fourth-order valence-electron chi connectivity index (χ4n) is 6.17. The minimum Gasteiger partial charge on any atom is -0.507 e. The highest BCUT2D eigenvalue weighted by atomic mass is 32.1. The van der Waals surface area contributed by atoms with Crippen molar-refractivity contribution < 1.29 is 5.11 Å². The van der Waals surface area contributed by atoms with Gasteiger partial charge in [-0.25, -0.2) is 4.98 Å². The lowest BCUT2D eigenvalue weighted by Crippen LogP contribution is -2.11. The van der Waals surface area contributed by atoms with E-state index in [2.05, 4.69) is 126 Å². The molecule has 3 nitrogen and oxygen atoms in total. The number of hydrogen-bond acceptors (Lipinski definition) is 4. The van der Waals surface area contributed by atoms with Gasteiger partial charge >= 0.3 is 0 Å². The van der Waals surface area contributed by atoms with Crippen molar-refractivity contribution in [2.24, 2.45) is 4.99 Å². The van der Waals surface area contributed by atoms with Gasteiger partial charge in [-0.05, 0) is 85.8 Å². The van der Waals surface area contributed by atoms with Crippen molar-refractivity contribution in [3.8, 4) is 38.6 Å². The third-order valence-corrected chi connectivity index (χ3v) is 10.0. The van der Waals surface area contributed by atoms with Gasteiger partial charge in [0.05, 0.1) is 15.9 Å². The number of benzene rings is 6. The molecule has 1 heterocycles. The number of phenolic OH excluding ortho intramolecular Hbond substituents is 1. The van der Waals surface area contributed by atoms with Crippen molar-refractivity contribution in [3.63, 3.8) is 0 Å². The minimum absolute atomic E-state index is 0.0378. The molecular formula is C44H40N2OS. The molecular weight excluding hydrogens is 605 g/mol. The molecule has 0 saturated carbocycles. The zero-order valence-electron chi connectivity index (χ0n) is 28.4. The molecule has 4 heteroatoms. The summed E-state index contributed by atoms with van der Waals surface area (Å²) in [4.78, 5) is 10.2. The van der Waals surface area contributed by atoms with Gasteiger partial charge in [-0.1, -0.05) is 126 Å². The molecule has 238 valence electrons. The van der Waals surface area contributed by atoms with Crippen molar-refractivity contribution in [2.75, 3.05) is 0 Å². The van der Waals surface area contributed by atoms with Gasteiger partial charge in [-0.3, -0.25) is 4.99 Å². The van der Waals surface area contributed by atoms with Gasteiger partial charge in [0, 0.05) is 22.9 Å². The standard InChI is InChI=1S/C44H40N2OS/c1-43(2,3)32-16-11-15-29(23-32)30-25-37(35-19-12-14-28-13-7-8-17-34(28)35)41-40(26-30)48-42(46-41)36-18-9-10-20-38(36)45-27-31-24-33(44(4,5)6)21-22-39(31)47/h7-27,47H,1-6H3. The molecule has 0 radical (unpaired) electrons. The summed E-state index contributed by atoms with van der Waals surface area (Å²) in [5, 5.41) is 14.0. The molecule has 0 fully saturated rings. The van der Waals surface area contributed by atoms with E-state index in [1.807, 2.05) is 30.3 Å². The zero-order valence-corrected chi connectivity index (χ0v) is 29.2. The van der Waals surface area contributed by atoms with Gasteiger partial charge in [0.2, 0.25) is 0 Å². The second-order valence-corrected chi connectivity index (χ2v) is 15.6. The molecule has 0 bridgehead atoms. The number of rotatable bonds is 5. The van der Waals surface area contributed by atoms with E-state index in [0.29, 0.717) is 5.56 Å². The van der Waals surface area contributed by atoms with Gasteiger partial charge < -0.3 is 5.11 Å². The summed E-state index contributed by atoms with van der Waals surface area (Å²) in [7, 11) is 0. The molecule has 0 amide bonds. The number of fused-ring (bicyclic) bond motifs is 2. The van der Waals surface area contributed by atoms with Crippen LogP contribution in [0, 0.1) is 0 Å². The molecule has 0 unspecified atom stereocenters. The van der Waals surface area contributed by atoms with Crippen LogP contribution in [-0.2, 0) is 10.8 Å². The molecule has 1 N–H and O–H groups in total. The first-order valence-corrected chi connectivity index (χ1v) is 17.3. The largest absolute Gasteiger partial charge is 0.507 e. The summed E-state index contributed by atoms with van der Waals surface area (Å²) in [6.45, 7) is 13.3. The molecule has 0 atom stereocenters. The number of phenols is 1. The van der Waals surface area contributed by atoms with E-state index in [9.17, 15) is 5.11 Å². The Bertz CT molecular complexity index is 2330. The summed E-state index contributed by atoms with van der Waals surface area (Å²) in [6, 6.07) is 42.5. The zero-order chi connectivity index (χ0) is 33.6. The topological polar surface area (TPSA) is 45.5 Å². The van der Waals surface area contributed by atoms with Gasteiger partial charge in [0.1, 0.15) is 10.8 Å². The van der Waals surface area contributed by atoms with E-state index in [1.54, 1.807) is 23.6 Å². The van der Waals surface area contributed by atoms with Crippen LogP contribution in [0.1, 0.15) is 58.2 Å². The van der Waals surface area contributed by atoms with Crippen molar-refractivity contribution in [3.05, 3.63) is 138 Å². The number of aliphatic imine (C=N–C) groups is 1. The molecule has 0 saturated heterocycles. The molecule has 6 aromatic carbocycles. The van der Waals surface area contributed by atoms with E-state index in [4.69, 9.17) is 9.98 Å². The lowest BCUT2D eigenvalue weighted by Gasteiger charge is -2.20. The second-order valence-electron chi connectivity index (χ2n) is 14.5. The smallest absolute Gasteiger partial charge is 0.126 e. The van der Waals surface area contributed by atoms with E-state index in [-0.39, 0.29) is 16.6 Å². The minimum atomic E-state index is -0.0378. The third-order valence-electron chi connectivity index (χ3n) is 9.01. The van der Waals surface area contributed by atoms with Crippen LogP contribution in [0.15, 0.2) is 126 Å². The number of aromatic hydroxyl groups is 1. The van der Waals surface area contributed by atoms with Gasteiger partial charge in [0.15, 0.2) is 0 Å². The monoisotopic (exact) mass is 644 g/mol. The SMILES string of the molecule is CC(C)(C)c1cccc(-c2cc(-c3cccc4ccccc34)c3nc(-c4ccccc4N=Cc4cc(C(C)(C)C)ccc4O)sc3c2)c1. The van der Waals surface area contributed by atoms with Gasteiger partial charge in [-0.2, -0.15) is 0 Å². The first-order valence-electron chi connectivity index (χ1n) is 16.5. The summed E-state index contributed by atoms with van der Waals surface area (Å²) < 4.78 is 1.13. The highest BCUT2D eigenvalue weighted by Gasteiger charge is 2.19. The Hall–Kier alpha value is -5.06. The normalized spacial score (nSPS) is 12.4. The summed E-state index contributed by atoms with van der Waals surface area (Å²) in [6.07, 6.45) is 1.76. The lowest BCUT2D eigenvalue weighted by molar-refractivity contribution is 0.473. The first-order chi connectivity index (χ1) is 23.0. The Morgan fingerprint density at radius 1 is 0.625 bits per heavy atom. The summed E-state index contributed by atoms with van der Waals surface area (Å²) >= 11 is 1.69. The van der Waals surface area contributed by atoms with E-state index in [1.165, 1.54) is 33.0 Å². The van der Waals surface area contributed by atoms with Crippen LogP contribution in [0.4, 0.5) is 5.69 Å². The van der Waals surface area contributed by atoms with Crippen LogP contribution < -0.4 is 0 Å². The molecule has 7 rings (SSSR count). The molecule has 7 aromatic rings. The Kier molecular flexibility index (Phi) is 8.01. The maximum absolute atomic E-state index is 10.7. The van der Waals surface area contributed by atoms with E-state index >= 15 is 0 Å². The average Bonchev–Trinajstić information content (AvgIpc) is 3.51. The van der Waals surface area contributed by atoms with Crippen molar-refractivity contribution in [1.82, 2.24) is 4.98 Å². The molecule has 0 aliphatic carbocycles. The molecule has 0 spiro atoms. The third kappa shape index (κ3) is 6.16. The van der Waals surface area contributed by atoms with Crippen molar-refractivity contribution in [2.45, 2.75) is 52.4 Å². The van der Waals surface area contributed by atoms with Crippen LogP contribution in [0.2, 0.25) is 0 Å². The lowest BCUT2D eigenvalue weighted by atomic mass is 9.85. The Morgan fingerprint density at radius 3 is 2.12 bits per heavy atom. The predicted molar refractivity (Wildman–Crippen MR) is 206 cm³/mol. The van der Waals surface area contributed by atoms with Crippen molar-refractivity contribution >= 4 is 44.2 Å². The fraction of sp³-hybridized carbons (Fsp3) is 0.182. The highest BCUT2D eigenvalue weighted by molar-refractivity contribution is 7.21. The van der Waals surface area contributed by atoms with Crippen molar-refractivity contribution in [1.29, 1.82) is 0 Å². The molecule has 48 heavy (non-hydrogen) atoms. The predicted octanol–water partition coefficient (Wildman–Crippen LogP) is 12.5. The first kappa shape index (κ1) is 31.5. The summed E-state index contributed by atoms with van der Waals surface area (Å²) in [5.74, 6) is 0.215. The maximum atomic E-state index is 10.7. The number of hydrogen-bond donors (Lipinski definition) is 1. The van der Waals surface area contributed by atoms with Crippen LogP contribution >= 0.6 is 11.3 Å². The van der Waals surface area contributed by atoms with Crippen LogP contribution in [0.3, 0.4) is 0 Å². The van der Waals surface area contributed by atoms with E-state index < -0.39 is 0 Å². The Balaban J connectivity index is 1.40. The fourth-order valence-corrected chi connectivity index (χ4v) is 7.24. The molecule has 1 aromatic heterocycles.